The minimum absolute atomic E-state index is 0.0215. The molecular formula is C17H18ClN3O. The van der Waals surface area contributed by atoms with Crippen molar-refractivity contribution in [3.63, 3.8) is 0 Å². The molecule has 1 aromatic heterocycles. The fourth-order valence-corrected chi connectivity index (χ4v) is 3.06. The first-order valence-corrected chi connectivity index (χ1v) is 7.93. The minimum atomic E-state index is -0.0215. The van der Waals surface area contributed by atoms with Gasteiger partial charge < -0.3 is 4.90 Å². The third-order valence-corrected chi connectivity index (χ3v) is 4.31. The minimum Gasteiger partial charge on any atom is -0.334 e. The Morgan fingerprint density at radius 3 is 2.77 bits per heavy atom. The SMILES string of the molecule is O=C(c1cnccn1)N1CCCCC1Cc1ccc(Cl)cc1. The van der Waals surface area contributed by atoms with Crippen molar-refractivity contribution in [2.75, 3.05) is 6.54 Å². The molecule has 0 saturated carbocycles. The fraction of sp³-hybridized carbons (Fsp3) is 0.353. The van der Waals surface area contributed by atoms with Crippen molar-refractivity contribution in [2.24, 2.45) is 0 Å². The standard InChI is InChI=1S/C17H18ClN3O/c18-14-6-4-13(5-7-14)11-15-3-1-2-10-21(15)17(22)16-12-19-8-9-20-16/h4-9,12,15H,1-3,10-11H2. The van der Waals surface area contributed by atoms with Gasteiger partial charge in [-0.05, 0) is 43.4 Å². The van der Waals surface area contributed by atoms with Crippen molar-refractivity contribution in [2.45, 2.75) is 31.7 Å². The van der Waals surface area contributed by atoms with E-state index >= 15 is 0 Å². The number of piperidine rings is 1. The van der Waals surface area contributed by atoms with Gasteiger partial charge in [0.05, 0.1) is 6.20 Å². The summed E-state index contributed by atoms with van der Waals surface area (Å²) in [6, 6.07) is 8.07. The summed E-state index contributed by atoms with van der Waals surface area (Å²) in [6.45, 7) is 0.785. The quantitative estimate of drug-likeness (QED) is 0.872. The van der Waals surface area contributed by atoms with E-state index < -0.39 is 0 Å². The Hall–Kier alpha value is -1.94. The summed E-state index contributed by atoms with van der Waals surface area (Å²) in [7, 11) is 0. The Kier molecular flexibility index (Phi) is 4.68. The van der Waals surface area contributed by atoms with Crippen LogP contribution in [0, 0.1) is 0 Å². The Balaban J connectivity index is 1.76. The molecule has 3 rings (SSSR count). The molecule has 2 heterocycles. The van der Waals surface area contributed by atoms with E-state index in [0.717, 1.165) is 37.3 Å². The lowest BCUT2D eigenvalue weighted by molar-refractivity contribution is 0.0607. The number of rotatable bonds is 3. The number of amides is 1. The van der Waals surface area contributed by atoms with Crippen molar-refractivity contribution >= 4 is 17.5 Å². The Morgan fingerprint density at radius 1 is 1.23 bits per heavy atom. The smallest absolute Gasteiger partial charge is 0.274 e. The molecule has 1 aliphatic heterocycles. The van der Waals surface area contributed by atoms with Gasteiger partial charge in [0, 0.05) is 30.0 Å². The van der Waals surface area contributed by atoms with E-state index in [1.54, 1.807) is 12.4 Å². The molecular weight excluding hydrogens is 298 g/mol. The summed E-state index contributed by atoms with van der Waals surface area (Å²) in [6.07, 6.45) is 8.75. The van der Waals surface area contributed by atoms with Crippen LogP contribution in [0.25, 0.3) is 0 Å². The largest absolute Gasteiger partial charge is 0.334 e. The second-order valence-corrected chi connectivity index (χ2v) is 6.01. The van der Waals surface area contributed by atoms with Crippen molar-refractivity contribution in [1.29, 1.82) is 0 Å². The predicted octanol–water partition coefficient (Wildman–Crippen LogP) is 3.37. The van der Waals surface area contributed by atoms with E-state index in [-0.39, 0.29) is 11.9 Å². The molecule has 5 heteroatoms. The molecule has 4 nitrogen and oxygen atoms in total. The van der Waals surface area contributed by atoms with Crippen LogP contribution in [0.5, 0.6) is 0 Å². The maximum absolute atomic E-state index is 12.7. The van der Waals surface area contributed by atoms with Crippen LogP contribution in [0.2, 0.25) is 5.02 Å². The van der Waals surface area contributed by atoms with Crippen LogP contribution in [-0.2, 0) is 6.42 Å². The number of likely N-dealkylation sites (tertiary alicyclic amines) is 1. The van der Waals surface area contributed by atoms with Gasteiger partial charge in [-0.3, -0.25) is 9.78 Å². The number of hydrogen-bond acceptors (Lipinski definition) is 3. The maximum atomic E-state index is 12.7. The van der Waals surface area contributed by atoms with Gasteiger partial charge in [-0.2, -0.15) is 0 Å². The molecule has 1 unspecified atom stereocenters. The number of nitrogens with zero attached hydrogens (tertiary/aromatic N) is 3. The van der Waals surface area contributed by atoms with E-state index in [1.807, 2.05) is 29.2 Å². The second kappa shape index (κ2) is 6.88. The third kappa shape index (κ3) is 3.45. The Bertz CT molecular complexity index is 630. The molecule has 0 aliphatic carbocycles. The van der Waals surface area contributed by atoms with Crippen LogP contribution >= 0.6 is 11.6 Å². The lowest BCUT2D eigenvalue weighted by Crippen LogP contribution is -2.45. The highest BCUT2D eigenvalue weighted by atomic mass is 35.5. The van der Waals surface area contributed by atoms with Crippen molar-refractivity contribution in [3.8, 4) is 0 Å². The van der Waals surface area contributed by atoms with Gasteiger partial charge >= 0.3 is 0 Å². The highest BCUT2D eigenvalue weighted by molar-refractivity contribution is 6.30. The number of carbonyl (C=O) groups excluding carboxylic acids is 1. The average molecular weight is 316 g/mol. The molecule has 114 valence electrons. The third-order valence-electron chi connectivity index (χ3n) is 4.05. The molecule has 1 aliphatic rings. The van der Waals surface area contributed by atoms with Crippen LogP contribution in [-0.4, -0.2) is 33.4 Å². The van der Waals surface area contributed by atoms with Crippen molar-refractivity contribution < 1.29 is 4.79 Å². The van der Waals surface area contributed by atoms with E-state index in [1.165, 1.54) is 11.8 Å². The van der Waals surface area contributed by atoms with E-state index in [4.69, 9.17) is 11.6 Å². The monoisotopic (exact) mass is 315 g/mol. The van der Waals surface area contributed by atoms with Gasteiger partial charge in [0.15, 0.2) is 0 Å². The topological polar surface area (TPSA) is 46.1 Å². The lowest BCUT2D eigenvalue weighted by atomic mass is 9.95. The van der Waals surface area contributed by atoms with E-state index in [0.29, 0.717) is 5.69 Å². The average Bonchev–Trinajstić information content (AvgIpc) is 2.58. The highest BCUT2D eigenvalue weighted by Gasteiger charge is 2.28. The van der Waals surface area contributed by atoms with Gasteiger partial charge in [0.2, 0.25) is 0 Å². The molecule has 1 aromatic carbocycles. The van der Waals surface area contributed by atoms with E-state index in [9.17, 15) is 4.79 Å². The molecule has 1 amide bonds. The first-order chi connectivity index (χ1) is 10.7. The van der Waals surface area contributed by atoms with Gasteiger partial charge in [0.1, 0.15) is 5.69 Å². The summed E-state index contributed by atoms with van der Waals surface area (Å²) in [5, 5.41) is 0.736. The molecule has 2 aromatic rings. The molecule has 0 bridgehead atoms. The van der Waals surface area contributed by atoms with Gasteiger partial charge in [-0.25, -0.2) is 4.98 Å². The zero-order valence-corrected chi connectivity index (χ0v) is 13.0. The molecule has 22 heavy (non-hydrogen) atoms. The number of carbonyl (C=O) groups is 1. The number of aromatic nitrogens is 2. The predicted molar refractivity (Wildman–Crippen MR) is 85.9 cm³/mol. The lowest BCUT2D eigenvalue weighted by Gasteiger charge is -2.35. The zero-order valence-electron chi connectivity index (χ0n) is 12.3. The van der Waals surface area contributed by atoms with Gasteiger partial charge in [0.25, 0.3) is 5.91 Å². The number of hydrogen-bond donors (Lipinski definition) is 0. The van der Waals surface area contributed by atoms with Crippen LogP contribution in [0.15, 0.2) is 42.9 Å². The summed E-state index contributed by atoms with van der Waals surface area (Å²) in [5.41, 5.74) is 1.62. The summed E-state index contributed by atoms with van der Waals surface area (Å²) in [5.74, 6) is -0.0215. The summed E-state index contributed by atoms with van der Waals surface area (Å²) < 4.78 is 0. The van der Waals surface area contributed by atoms with Crippen LogP contribution in [0.4, 0.5) is 0 Å². The summed E-state index contributed by atoms with van der Waals surface area (Å²) in [4.78, 5) is 22.7. The van der Waals surface area contributed by atoms with Crippen molar-refractivity contribution in [3.05, 3.63) is 59.1 Å². The normalized spacial score (nSPS) is 18.2. The van der Waals surface area contributed by atoms with Crippen molar-refractivity contribution in [1.82, 2.24) is 14.9 Å². The maximum Gasteiger partial charge on any atom is 0.274 e. The zero-order chi connectivity index (χ0) is 15.4. The molecule has 1 saturated heterocycles. The molecule has 1 atom stereocenters. The van der Waals surface area contributed by atoms with Gasteiger partial charge in [-0.1, -0.05) is 23.7 Å². The molecule has 1 fully saturated rings. The fourth-order valence-electron chi connectivity index (χ4n) is 2.93. The molecule has 0 N–H and O–H groups in total. The van der Waals surface area contributed by atoms with Crippen LogP contribution in [0.3, 0.4) is 0 Å². The second-order valence-electron chi connectivity index (χ2n) is 5.57. The Labute approximate surface area is 135 Å². The first kappa shape index (κ1) is 15.0. The number of benzene rings is 1. The van der Waals surface area contributed by atoms with Crippen LogP contribution < -0.4 is 0 Å². The first-order valence-electron chi connectivity index (χ1n) is 7.55. The van der Waals surface area contributed by atoms with Crippen LogP contribution in [0.1, 0.15) is 35.3 Å². The number of halogens is 1. The highest BCUT2D eigenvalue weighted by Crippen LogP contribution is 2.23. The van der Waals surface area contributed by atoms with E-state index in [2.05, 4.69) is 9.97 Å². The molecule has 0 spiro atoms. The Morgan fingerprint density at radius 2 is 2.05 bits per heavy atom. The summed E-state index contributed by atoms with van der Waals surface area (Å²) >= 11 is 5.93. The van der Waals surface area contributed by atoms with Gasteiger partial charge in [-0.15, -0.1) is 0 Å². The molecule has 0 radical (unpaired) electrons.